The number of hydrogen-bond donors (Lipinski definition) is 7. The molecule has 0 fully saturated rings. The molecule has 0 spiro atoms. The summed E-state index contributed by atoms with van der Waals surface area (Å²) < 4.78 is 0. The maximum Gasteiger partial charge on any atom is 0.326 e. The van der Waals surface area contributed by atoms with Crippen LogP contribution in [-0.4, -0.2) is 75.8 Å². The number of carboxylic acid groups (broad SMARTS) is 2. The summed E-state index contributed by atoms with van der Waals surface area (Å²) in [5.74, 6) is -4.84. The number of rotatable bonds is 15. The zero-order valence-electron chi connectivity index (χ0n) is 19.8. The molecule has 1 rings (SSSR count). The molecule has 4 atom stereocenters. The Balaban J connectivity index is 2.98. The van der Waals surface area contributed by atoms with Gasteiger partial charge in [0.25, 0.3) is 0 Å². The van der Waals surface area contributed by atoms with Crippen molar-refractivity contribution in [3.63, 3.8) is 0 Å². The topological polar surface area (TPSA) is 208 Å². The zero-order valence-corrected chi connectivity index (χ0v) is 19.8. The maximum atomic E-state index is 13.0. The van der Waals surface area contributed by atoms with Crippen molar-refractivity contribution in [1.29, 1.82) is 0 Å². The highest BCUT2D eigenvalue weighted by Gasteiger charge is 2.30. The first kappa shape index (κ1) is 29.5. The molecule has 0 heterocycles. The number of carboxylic acids is 2. The van der Waals surface area contributed by atoms with E-state index in [0.717, 1.165) is 0 Å². The normalized spacial score (nSPS) is 14.3. The molecule has 0 saturated carbocycles. The molecule has 0 bridgehead atoms. The third kappa shape index (κ3) is 11.0. The molecule has 0 aliphatic heterocycles. The Morgan fingerprint density at radius 2 is 1.40 bits per heavy atom. The van der Waals surface area contributed by atoms with Gasteiger partial charge in [-0.25, -0.2) is 4.79 Å². The number of nitrogens with one attached hydrogen (secondary N) is 3. The Morgan fingerprint density at radius 3 is 1.91 bits per heavy atom. The number of amides is 3. The largest absolute Gasteiger partial charge is 0.481 e. The molecule has 4 unspecified atom stereocenters. The van der Waals surface area contributed by atoms with Crippen molar-refractivity contribution in [3.05, 3.63) is 35.9 Å². The van der Waals surface area contributed by atoms with Gasteiger partial charge in [0, 0.05) is 12.8 Å². The predicted octanol–water partition coefficient (Wildman–Crippen LogP) is -1.00. The van der Waals surface area contributed by atoms with E-state index in [4.69, 9.17) is 10.8 Å². The summed E-state index contributed by atoms with van der Waals surface area (Å²) in [5.41, 5.74) is 6.32. The molecular formula is C23H34N4O8. The Labute approximate surface area is 203 Å². The number of carbonyl (C=O) groups excluding carboxylic acids is 3. The van der Waals surface area contributed by atoms with Gasteiger partial charge in [0.05, 0.1) is 12.6 Å². The number of aliphatic hydroxyl groups excluding tert-OH is 1. The van der Waals surface area contributed by atoms with E-state index in [1.165, 1.54) is 0 Å². The zero-order chi connectivity index (χ0) is 26.5. The van der Waals surface area contributed by atoms with Crippen LogP contribution in [0.2, 0.25) is 0 Å². The number of carbonyl (C=O) groups is 5. The summed E-state index contributed by atoms with van der Waals surface area (Å²) in [7, 11) is 0. The highest BCUT2D eigenvalue weighted by molar-refractivity contribution is 5.94. The van der Waals surface area contributed by atoms with Crippen molar-refractivity contribution in [2.75, 3.05) is 6.61 Å². The Hall–Kier alpha value is -3.51. The fraction of sp³-hybridized carbons (Fsp3) is 0.522. The number of benzene rings is 1. The van der Waals surface area contributed by atoms with Crippen LogP contribution < -0.4 is 21.7 Å². The van der Waals surface area contributed by atoms with Crippen molar-refractivity contribution in [2.45, 2.75) is 63.7 Å². The van der Waals surface area contributed by atoms with E-state index in [1.54, 1.807) is 44.2 Å². The fourth-order valence-electron chi connectivity index (χ4n) is 3.18. The first-order valence-electron chi connectivity index (χ1n) is 11.2. The third-order valence-corrected chi connectivity index (χ3v) is 5.06. The molecule has 0 aliphatic rings. The highest BCUT2D eigenvalue weighted by Crippen LogP contribution is 2.08. The standard InChI is InChI=1S/C23H34N4O8/c1-13(2)10-17(23(34)35)26-21(32)16(11-14-6-4-3-5-7-14)25-22(33)18(12-28)27-20(31)15(24)8-9-19(29)30/h3-7,13,15-18,28H,8-12,24H2,1-2H3,(H,25,33)(H,26,32)(H,27,31)(H,29,30)(H,34,35). The van der Waals surface area contributed by atoms with Crippen LogP contribution >= 0.6 is 0 Å². The van der Waals surface area contributed by atoms with E-state index in [0.29, 0.717) is 5.56 Å². The van der Waals surface area contributed by atoms with E-state index in [9.17, 15) is 34.2 Å². The van der Waals surface area contributed by atoms with Gasteiger partial charge in [-0.3, -0.25) is 19.2 Å². The molecule has 0 radical (unpaired) electrons. The van der Waals surface area contributed by atoms with Crippen molar-refractivity contribution in [2.24, 2.45) is 11.7 Å². The average molecular weight is 495 g/mol. The van der Waals surface area contributed by atoms with Gasteiger partial charge in [-0.05, 0) is 24.3 Å². The van der Waals surface area contributed by atoms with Gasteiger partial charge in [0.2, 0.25) is 17.7 Å². The van der Waals surface area contributed by atoms with Crippen LogP contribution in [0.1, 0.15) is 38.7 Å². The summed E-state index contributed by atoms with van der Waals surface area (Å²) in [6.07, 6.45) is -0.329. The van der Waals surface area contributed by atoms with Crippen LogP contribution in [0.3, 0.4) is 0 Å². The van der Waals surface area contributed by atoms with Crippen molar-refractivity contribution in [3.8, 4) is 0 Å². The van der Waals surface area contributed by atoms with Crippen LogP contribution in [0.15, 0.2) is 30.3 Å². The van der Waals surface area contributed by atoms with E-state index in [-0.39, 0.29) is 31.6 Å². The number of hydrogen-bond acceptors (Lipinski definition) is 7. The molecule has 1 aromatic rings. The second-order valence-electron chi connectivity index (χ2n) is 8.56. The molecule has 3 amide bonds. The first-order chi connectivity index (χ1) is 16.4. The molecular weight excluding hydrogens is 460 g/mol. The second-order valence-corrected chi connectivity index (χ2v) is 8.56. The monoisotopic (exact) mass is 494 g/mol. The summed E-state index contributed by atoms with van der Waals surface area (Å²) in [6.45, 7) is 2.80. The molecule has 194 valence electrons. The number of nitrogens with two attached hydrogens (primary N) is 1. The minimum Gasteiger partial charge on any atom is -0.481 e. The van der Waals surface area contributed by atoms with E-state index >= 15 is 0 Å². The molecule has 1 aromatic carbocycles. The summed E-state index contributed by atoms with van der Waals surface area (Å²) in [4.78, 5) is 60.2. The number of aliphatic hydroxyl groups is 1. The van der Waals surface area contributed by atoms with E-state index < -0.39 is 60.4 Å². The third-order valence-electron chi connectivity index (χ3n) is 5.06. The SMILES string of the molecule is CC(C)CC(NC(=O)C(Cc1ccccc1)NC(=O)C(CO)NC(=O)C(N)CCC(=O)O)C(=O)O. The van der Waals surface area contributed by atoms with Crippen molar-refractivity contribution in [1.82, 2.24) is 16.0 Å². The van der Waals surface area contributed by atoms with Gasteiger partial charge >= 0.3 is 11.9 Å². The lowest BCUT2D eigenvalue weighted by Gasteiger charge is -2.25. The fourth-order valence-corrected chi connectivity index (χ4v) is 3.18. The first-order valence-corrected chi connectivity index (χ1v) is 11.2. The van der Waals surface area contributed by atoms with Gasteiger partial charge in [-0.1, -0.05) is 44.2 Å². The maximum absolute atomic E-state index is 13.0. The number of aliphatic carboxylic acids is 2. The molecule has 0 aromatic heterocycles. The summed E-state index contributed by atoms with van der Waals surface area (Å²) in [5, 5.41) is 34.9. The van der Waals surface area contributed by atoms with E-state index in [1.807, 2.05) is 0 Å². The lowest BCUT2D eigenvalue weighted by molar-refractivity contribution is -0.143. The minimum absolute atomic E-state index is 0.0159. The summed E-state index contributed by atoms with van der Waals surface area (Å²) in [6, 6.07) is 3.64. The predicted molar refractivity (Wildman–Crippen MR) is 125 cm³/mol. The quantitative estimate of drug-likeness (QED) is 0.159. The molecule has 35 heavy (non-hydrogen) atoms. The van der Waals surface area contributed by atoms with Crippen molar-refractivity contribution >= 4 is 29.7 Å². The lowest BCUT2D eigenvalue weighted by Crippen LogP contribution is -2.58. The molecule has 12 nitrogen and oxygen atoms in total. The lowest BCUT2D eigenvalue weighted by atomic mass is 10.0. The van der Waals surface area contributed by atoms with Crippen LogP contribution in [0.5, 0.6) is 0 Å². The minimum atomic E-state index is -1.46. The van der Waals surface area contributed by atoms with Gasteiger partial charge in [0.15, 0.2) is 0 Å². The highest BCUT2D eigenvalue weighted by atomic mass is 16.4. The Morgan fingerprint density at radius 1 is 0.857 bits per heavy atom. The van der Waals surface area contributed by atoms with Gasteiger partial charge in [-0.15, -0.1) is 0 Å². The Kier molecular flexibility index (Phi) is 12.4. The van der Waals surface area contributed by atoms with Gasteiger partial charge in [-0.2, -0.15) is 0 Å². The smallest absolute Gasteiger partial charge is 0.326 e. The van der Waals surface area contributed by atoms with Gasteiger partial charge < -0.3 is 37.0 Å². The molecule has 0 saturated heterocycles. The second kappa shape index (κ2) is 14.7. The molecule has 12 heteroatoms. The van der Waals surface area contributed by atoms with E-state index in [2.05, 4.69) is 16.0 Å². The van der Waals surface area contributed by atoms with Crippen LogP contribution in [0.4, 0.5) is 0 Å². The molecule has 0 aliphatic carbocycles. The Bertz CT molecular complexity index is 878. The van der Waals surface area contributed by atoms with Crippen LogP contribution in [0.25, 0.3) is 0 Å². The van der Waals surface area contributed by atoms with Gasteiger partial charge in [0.1, 0.15) is 18.1 Å². The summed E-state index contributed by atoms with van der Waals surface area (Å²) >= 11 is 0. The van der Waals surface area contributed by atoms with Crippen molar-refractivity contribution < 1.29 is 39.3 Å². The van der Waals surface area contributed by atoms with Crippen LogP contribution in [-0.2, 0) is 30.4 Å². The average Bonchev–Trinajstić information content (AvgIpc) is 2.79. The molecule has 8 N–H and O–H groups in total. The van der Waals surface area contributed by atoms with Crippen LogP contribution in [0, 0.1) is 5.92 Å².